The molecule has 8 heteroatoms. The number of rotatable bonds is 4. The molecule has 1 aliphatic carbocycles. The maximum Gasteiger partial charge on any atom is 0.250 e. The molecule has 0 radical (unpaired) electrons. The van der Waals surface area contributed by atoms with E-state index in [2.05, 4.69) is 25.6 Å². The van der Waals surface area contributed by atoms with Crippen LogP contribution < -0.4 is 5.73 Å². The van der Waals surface area contributed by atoms with Gasteiger partial charge in [-0.15, -0.1) is 10.2 Å². The van der Waals surface area contributed by atoms with Crippen LogP contribution in [0.2, 0.25) is 0 Å². The average molecular weight is 311 g/mol. The first-order chi connectivity index (χ1) is 11.1. The van der Waals surface area contributed by atoms with Crippen molar-refractivity contribution in [2.75, 3.05) is 0 Å². The maximum atomic E-state index is 6.19. The molecular weight excluding hydrogens is 294 g/mol. The van der Waals surface area contributed by atoms with Gasteiger partial charge in [-0.05, 0) is 31.4 Å². The first-order valence-electron chi connectivity index (χ1n) is 7.59. The van der Waals surface area contributed by atoms with Crippen LogP contribution in [0.25, 0.3) is 11.4 Å². The number of aromatic nitrogens is 6. The molecule has 0 atom stereocenters. The van der Waals surface area contributed by atoms with Crippen molar-refractivity contribution in [1.29, 1.82) is 0 Å². The minimum atomic E-state index is -0.426. The number of aryl methyl sites for hydroxylation is 1. The molecule has 0 aliphatic heterocycles. The monoisotopic (exact) mass is 311 g/mol. The zero-order valence-corrected chi connectivity index (χ0v) is 12.8. The molecule has 1 saturated carbocycles. The Labute approximate surface area is 132 Å². The molecule has 0 saturated heterocycles. The highest BCUT2D eigenvalue weighted by molar-refractivity contribution is 5.53. The van der Waals surface area contributed by atoms with Crippen molar-refractivity contribution in [2.24, 2.45) is 5.73 Å². The van der Waals surface area contributed by atoms with E-state index in [1.54, 1.807) is 0 Å². The highest BCUT2D eigenvalue weighted by atomic mass is 16.5. The molecule has 1 fully saturated rings. The largest absolute Gasteiger partial charge is 0.337 e. The zero-order chi connectivity index (χ0) is 15.9. The van der Waals surface area contributed by atoms with Gasteiger partial charge in [-0.25, -0.2) is 0 Å². The van der Waals surface area contributed by atoms with E-state index in [0.29, 0.717) is 17.5 Å². The van der Waals surface area contributed by atoms with E-state index >= 15 is 0 Å². The fourth-order valence-electron chi connectivity index (χ4n) is 2.55. The quantitative estimate of drug-likeness (QED) is 0.776. The Hall–Kier alpha value is -2.61. The molecule has 8 nitrogen and oxygen atoms in total. The summed E-state index contributed by atoms with van der Waals surface area (Å²) >= 11 is 0. The van der Waals surface area contributed by atoms with Crippen LogP contribution in [0, 0.1) is 6.92 Å². The average Bonchev–Trinajstić information content (AvgIpc) is 3.16. The van der Waals surface area contributed by atoms with Crippen LogP contribution in [0.1, 0.15) is 36.5 Å². The second kappa shape index (κ2) is 5.24. The number of hydrogen-bond donors (Lipinski definition) is 1. The third kappa shape index (κ3) is 2.61. The smallest absolute Gasteiger partial charge is 0.250 e. The fraction of sp³-hybridized carbons (Fsp3) is 0.400. The first-order valence-corrected chi connectivity index (χ1v) is 7.59. The standard InChI is InChI=1S/C15H17N7O/c1-10-3-5-11(6-4-10)13-18-21-22(19-13)9-12-17-14(20-23-12)15(16)7-2-8-15/h3-6H,2,7-9,16H2,1H3. The van der Waals surface area contributed by atoms with E-state index in [1.165, 1.54) is 10.4 Å². The van der Waals surface area contributed by atoms with Crippen molar-refractivity contribution in [3.63, 3.8) is 0 Å². The Bertz CT molecular complexity index is 816. The molecule has 0 unspecified atom stereocenters. The summed E-state index contributed by atoms with van der Waals surface area (Å²) in [6.07, 6.45) is 2.89. The SMILES string of the molecule is Cc1ccc(-c2nnn(Cc3nc(C4(N)CCC4)no3)n2)cc1. The first kappa shape index (κ1) is 14.0. The van der Waals surface area contributed by atoms with Crippen molar-refractivity contribution in [3.05, 3.63) is 41.5 Å². The topological polar surface area (TPSA) is 109 Å². The molecule has 23 heavy (non-hydrogen) atoms. The van der Waals surface area contributed by atoms with E-state index in [-0.39, 0.29) is 6.54 Å². The molecule has 2 aromatic heterocycles. The van der Waals surface area contributed by atoms with Crippen LogP contribution in [0.3, 0.4) is 0 Å². The van der Waals surface area contributed by atoms with Gasteiger partial charge in [-0.1, -0.05) is 35.0 Å². The van der Waals surface area contributed by atoms with Crippen LogP contribution in [0.4, 0.5) is 0 Å². The van der Waals surface area contributed by atoms with Crippen molar-refractivity contribution in [2.45, 2.75) is 38.3 Å². The van der Waals surface area contributed by atoms with Gasteiger partial charge in [0.05, 0.1) is 5.54 Å². The highest BCUT2D eigenvalue weighted by Crippen LogP contribution is 2.36. The molecule has 118 valence electrons. The lowest BCUT2D eigenvalue weighted by atomic mass is 9.77. The van der Waals surface area contributed by atoms with Gasteiger partial charge in [0.1, 0.15) is 6.54 Å². The molecule has 1 aliphatic rings. The molecule has 3 aromatic rings. The van der Waals surface area contributed by atoms with Crippen LogP contribution in [-0.4, -0.2) is 30.3 Å². The van der Waals surface area contributed by atoms with Gasteiger partial charge in [-0.2, -0.15) is 9.78 Å². The summed E-state index contributed by atoms with van der Waals surface area (Å²) in [6.45, 7) is 2.31. The number of nitrogens with two attached hydrogens (primary N) is 1. The van der Waals surface area contributed by atoms with E-state index in [4.69, 9.17) is 10.3 Å². The molecule has 1 aromatic carbocycles. The lowest BCUT2D eigenvalue weighted by Crippen LogP contribution is -2.44. The molecule has 0 bridgehead atoms. The summed E-state index contributed by atoms with van der Waals surface area (Å²) in [7, 11) is 0. The lowest BCUT2D eigenvalue weighted by molar-refractivity contribution is 0.228. The van der Waals surface area contributed by atoms with Gasteiger partial charge in [0, 0.05) is 5.56 Å². The van der Waals surface area contributed by atoms with Crippen molar-refractivity contribution in [3.8, 4) is 11.4 Å². The predicted octanol–water partition coefficient (Wildman–Crippen LogP) is 1.42. The predicted molar refractivity (Wildman–Crippen MR) is 81.1 cm³/mol. The molecule has 0 amide bonds. The summed E-state index contributed by atoms with van der Waals surface area (Å²) in [6, 6.07) is 7.96. The number of hydrogen-bond acceptors (Lipinski definition) is 7. The minimum absolute atomic E-state index is 0.280. The molecule has 0 spiro atoms. The van der Waals surface area contributed by atoms with Gasteiger partial charge in [0.15, 0.2) is 5.82 Å². The Kier molecular flexibility index (Phi) is 3.19. The summed E-state index contributed by atoms with van der Waals surface area (Å²) in [5, 5.41) is 16.4. The fourth-order valence-corrected chi connectivity index (χ4v) is 2.55. The van der Waals surface area contributed by atoms with Crippen molar-refractivity contribution in [1.82, 2.24) is 30.3 Å². The van der Waals surface area contributed by atoms with Crippen LogP contribution in [0.15, 0.2) is 28.8 Å². The molecule has 4 rings (SSSR count). The molecule has 2 N–H and O–H groups in total. The van der Waals surface area contributed by atoms with E-state index < -0.39 is 5.54 Å². The molecule has 2 heterocycles. The van der Waals surface area contributed by atoms with Crippen LogP contribution in [0.5, 0.6) is 0 Å². The Balaban J connectivity index is 1.50. The summed E-state index contributed by atoms with van der Waals surface area (Å²) < 4.78 is 5.25. The zero-order valence-electron chi connectivity index (χ0n) is 12.8. The maximum absolute atomic E-state index is 6.19. The third-order valence-corrected chi connectivity index (χ3v) is 4.20. The van der Waals surface area contributed by atoms with E-state index in [1.807, 2.05) is 31.2 Å². The summed E-state index contributed by atoms with van der Waals surface area (Å²) in [5.41, 5.74) is 7.87. The van der Waals surface area contributed by atoms with Gasteiger partial charge in [0.2, 0.25) is 11.7 Å². The normalized spacial score (nSPS) is 16.3. The Morgan fingerprint density at radius 3 is 2.74 bits per heavy atom. The van der Waals surface area contributed by atoms with Gasteiger partial charge >= 0.3 is 0 Å². The van der Waals surface area contributed by atoms with E-state index in [0.717, 1.165) is 24.8 Å². The Morgan fingerprint density at radius 1 is 1.26 bits per heavy atom. The number of benzene rings is 1. The van der Waals surface area contributed by atoms with Crippen LogP contribution in [-0.2, 0) is 12.1 Å². The van der Waals surface area contributed by atoms with Crippen molar-refractivity contribution < 1.29 is 4.52 Å². The minimum Gasteiger partial charge on any atom is -0.337 e. The second-order valence-corrected chi connectivity index (χ2v) is 6.03. The van der Waals surface area contributed by atoms with Gasteiger partial charge < -0.3 is 10.3 Å². The van der Waals surface area contributed by atoms with Crippen molar-refractivity contribution >= 4 is 0 Å². The number of tetrazole rings is 1. The summed E-state index contributed by atoms with van der Waals surface area (Å²) in [5.74, 6) is 1.57. The highest BCUT2D eigenvalue weighted by Gasteiger charge is 2.39. The lowest BCUT2D eigenvalue weighted by Gasteiger charge is -2.34. The third-order valence-electron chi connectivity index (χ3n) is 4.20. The summed E-state index contributed by atoms with van der Waals surface area (Å²) in [4.78, 5) is 5.80. The number of nitrogens with zero attached hydrogens (tertiary/aromatic N) is 6. The van der Waals surface area contributed by atoms with Gasteiger partial charge in [-0.3, -0.25) is 0 Å². The van der Waals surface area contributed by atoms with E-state index in [9.17, 15) is 0 Å². The van der Waals surface area contributed by atoms with Gasteiger partial charge in [0.25, 0.3) is 0 Å². The second-order valence-electron chi connectivity index (χ2n) is 6.03. The molecular formula is C15H17N7O. The van der Waals surface area contributed by atoms with Crippen LogP contribution >= 0.6 is 0 Å². The Morgan fingerprint density at radius 2 is 2.04 bits per heavy atom.